The van der Waals surface area contributed by atoms with E-state index < -0.39 is 0 Å². The molecular weight excluding hydrogens is 286 g/mol. The smallest absolute Gasteiger partial charge is 0.255 e. The van der Waals surface area contributed by atoms with Crippen molar-refractivity contribution in [1.82, 2.24) is 5.32 Å². The molecule has 3 nitrogen and oxygen atoms in total. The molecule has 1 N–H and O–H groups in total. The average molecular weight is 310 g/mol. The van der Waals surface area contributed by atoms with Crippen molar-refractivity contribution in [3.8, 4) is 5.75 Å². The van der Waals surface area contributed by atoms with Gasteiger partial charge in [-0.3, -0.25) is 4.79 Å². The summed E-state index contributed by atoms with van der Waals surface area (Å²) in [6.07, 6.45) is 4.48. The predicted octanol–water partition coefficient (Wildman–Crippen LogP) is 4.31. The molecule has 1 aliphatic rings. The standard InChI is InChI=1S/C17H24ClNO2/c1-3-5-12(6-4-2)16(18)13-7-8-15-14(11-13)17(20)19-9-10-21-15/h7-8,11-12,16H,3-6,9-10H2,1-2H3,(H,19,20). The summed E-state index contributed by atoms with van der Waals surface area (Å²) in [5.74, 6) is 1.03. The second-order valence-electron chi connectivity index (χ2n) is 5.60. The topological polar surface area (TPSA) is 38.3 Å². The third-order valence-electron chi connectivity index (χ3n) is 3.94. The first kappa shape index (κ1) is 16.2. The number of fused-ring (bicyclic) bond motifs is 1. The Balaban J connectivity index is 2.25. The molecule has 4 heteroatoms. The van der Waals surface area contributed by atoms with Gasteiger partial charge in [0.25, 0.3) is 5.91 Å². The first-order chi connectivity index (χ1) is 10.2. The highest BCUT2D eigenvalue weighted by Crippen LogP contribution is 2.37. The molecule has 21 heavy (non-hydrogen) atoms. The number of hydrogen-bond acceptors (Lipinski definition) is 2. The van der Waals surface area contributed by atoms with E-state index in [1.807, 2.05) is 18.2 Å². The van der Waals surface area contributed by atoms with Crippen LogP contribution in [0.1, 0.15) is 60.8 Å². The lowest BCUT2D eigenvalue weighted by molar-refractivity contribution is 0.0957. The van der Waals surface area contributed by atoms with Gasteiger partial charge in [-0.25, -0.2) is 0 Å². The van der Waals surface area contributed by atoms with Gasteiger partial charge in [-0.05, 0) is 36.5 Å². The largest absolute Gasteiger partial charge is 0.491 e. The van der Waals surface area contributed by atoms with Gasteiger partial charge < -0.3 is 10.1 Å². The van der Waals surface area contributed by atoms with Crippen LogP contribution in [0.4, 0.5) is 0 Å². The van der Waals surface area contributed by atoms with Crippen LogP contribution in [-0.4, -0.2) is 19.1 Å². The lowest BCUT2D eigenvalue weighted by atomic mass is 9.90. The van der Waals surface area contributed by atoms with E-state index in [-0.39, 0.29) is 11.3 Å². The predicted molar refractivity (Wildman–Crippen MR) is 86.2 cm³/mol. The van der Waals surface area contributed by atoms with Gasteiger partial charge >= 0.3 is 0 Å². The Morgan fingerprint density at radius 3 is 2.67 bits per heavy atom. The van der Waals surface area contributed by atoms with Crippen LogP contribution in [0, 0.1) is 5.92 Å². The fourth-order valence-electron chi connectivity index (χ4n) is 2.89. The van der Waals surface area contributed by atoms with Crippen LogP contribution in [0.3, 0.4) is 0 Å². The van der Waals surface area contributed by atoms with E-state index in [0.29, 0.717) is 30.4 Å². The number of benzene rings is 1. The molecular formula is C17H24ClNO2. The van der Waals surface area contributed by atoms with Crippen LogP contribution in [0.5, 0.6) is 5.75 Å². The highest BCUT2D eigenvalue weighted by atomic mass is 35.5. The zero-order valence-electron chi connectivity index (χ0n) is 12.8. The average Bonchev–Trinajstić information content (AvgIpc) is 2.68. The third kappa shape index (κ3) is 3.91. The van der Waals surface area contributed by atoms with Crippen molar-refractivity contribution < 1.29 is 9.53 Å². The van der Waals surface area contributed by atoms with E-state index in [1.165, 1.54) is 0 Å². The Hall–Kier alpha value is -1.22. The maximum atomic E-state index is 12.1. The van der Waals surface area contributed by atoms with Crippen molar-refractivity contribution in [3.63, 3.8) is 0 Å². The molecule has 1 amide bonds. The van der Waals surface area contributed by atoms with Crippen molar-refractivity contribution in [2.45, 2.75) is 44.9 Å². The summed E-state index contributed by atoms with van der Waals surface area (Å²) in [5.41, 5.74) is 1.62. The second-order valence-corrected chi connectivity index (χ2v) is 6.07. The maximum absolute atomic E-state index is 12.1. The number of hydrogen-bond donors (Lipinski definition) is 1. The number of carbonyl (C=O) groups is 1. The maximum Gasteiger partial charge on any atom is 0.255 e. The number of ether oxygens (including phenoxy) is 1. The number of amides is 1. The summed E-state index contributed by atoms with van der Waals surface area (Å²) in [6.45, 7) is 5.42. The molecule has 1 unspecified atom stereocenters. The van der Waals surface area contributed by atoms with Crippen molar-refractivity contribution >= 4 is 17.5 Å². The minimum atomic E-state index is -0.0734. The first-order valence-corrected chi connectivity index (χ1v) is 8.30. The molecule has 2 rings (SSSR count). The van der Waals surface area contributed by atoms with Crippen LogP contribution in [-0.2, 0) is 0 Å². The number of carbonyl (C=O) groups excluding carboxylic acids is 1. The molecule has 0 bridgehead atoms. The lowest BCUT2D eigenvalue weighted by Gasteiger charge is -2.22. The summed E-state index contributed by atoms with van der Waals surface area (Å²) >= 11 is 6.69. The monoisotopic (exact) mass is 309 g/mol. The van der Waals surface area contributed by atoms with Gasteiger partial charge in [-0.15, -0.1) is 11.6 Å². The molecule has 0 aromatic heterocycles. The molecule has 0 saturated carbocycles. The SMILES string of the molecule is CCCC(CCC)C(Cl)c1ccc2c(c1)C(=O)NCCO2. The van der Waals surface area contributed by atoms with Crippen LogP contribution < -0.4 is 10.1 Å². The summed E-state index contributed by atoms with van der Waals surface area (Å²) < 4.78 is 5.58. The number of nitrogens with one attached hydrogen (secondary N) is 1. The Labute approximate surface area is 132 Å². The molecule has 0 fully saturated rings. The molecule has 1 heterocycles. The molecule has 0 aliphatic carbocycles. The molecule has 0 saturated heterocycles. The Bertz CT molecular complexity index is 484. The van der Waals surface area contributed by atoms with Crippen molar-refractivity contribution in [1.29, 1.82) is 0 Å². The van der Waals surface area contributed by atoms with E-state index in [1.54, 1.807) is 0 Å². The summed E-state index contributed by atoms with van der Waals surface area (Å²) in [6, 6.07) is 5.76. The molecule has 0 spiro atoms. The van der Waals surface area contributed by atoms with E-state index in [9.17, 15) is 4.79 Å². The van der Waals surface area contributed by atoms with Gasteiger partial charge in [0, 0.05) is 0 Å². The second kappa shape index (κ2) is 7.69. The normalized spacial score (nSPS) is 15.9. The van der Waals surface area contributed by atoms with Gasteiger partial charge in [0.2, 0.25) is 0 Å². The van der Waals surface area contributed by atoms with E-state index in [0.717, 1.165) is 31.2 Å². The number of alkyl halides is 1. The molecule has 1 aromatic carbocycles. The zero-order chi connectivity index (χ0) is 15.2. The minimum absolute atomic E-state index is 0.0498. The highest BCUT2D eigenvalue weighted by molar-refractivity contribution is 6.21. The van der Waals surface area contributed by atoms with Crippen molar-refractivity contribution in [3.05, 3.63) is 29.3 Å². The van der Waals surface area contributed by atoms with Crippen molar-refractivity contribution in [2.75, 3.05) is 13.2 Å². The van der Waals surface area contributed by atoms with Gasteiger partial charge in [0.1, 0.15) is 12.4 Å². The minimum Gasteiger partial charge on any atom is -0.491 e. The van der Waals surface area contributed by atoms with Gasteiger partial charge in [0.15, 0.2) is 0 Å². The molecule has 0 radical (unpaired) electrons. The lowest BCUT2D eigenvalue weighted by Crippen LogP contribution is -2.24. The van der Waals surface area contributed by atoms with Gasteiger partial charge in [-0.1, -0.05) is 32.8 Å². The molecule has 1 atom stereocenters. The number of rotatable bonds is 6. The van der Waals surface area contributed by atoms with Crippen molar-refractivity contribution in [2.24, 2.45) is 5.92 Å². The highest BCUT2D eigenvalue weighted by Gasteiger charge is 2.23. The Morgan fingerprint density at radius 1 is 1.29 bits per heavy atom. The number of halogens is 1. The van der Waals surface area contributed by atoms with Crippen LogP contribution >= 0.6 is 11.6 Å². The van der Waals surface area contributed by atoms with Crippen LogP contribution in [0.15, 0.2) is 18.2 Å². The molecule has 1 aliphatic heterocycles. The fourth-order valence-corrected chi connectivity index (χ4v) is 3.28. The third-order valence-corrected chi connectivity index (χ3v) is 4.55. The fraction of sp³-hybridized carbons (Fsp3) is 0.588. The summed E-state index contributed by atoms with van der Waals surface area (Å²) in [5, 5.41) is 2.79. The molecule has 116 valence electrons. The van der Waals surface area contributed by atoms with E-state index in [2.05, 4.69) is 19.2 Å². The quantitative estimate of drug-likeness (QED) is 0.795. The van der Waals surface area contributed by atoms with Crippen LogP contribution in [0.2, 0.25) is 0 Å². The van der Waals surface area contributed by atoms with Gasteiger partial charge in [-0.2, -0.15) is 0 Å². The summed E-state index contributed by atoms with van der Waals surface area (Å²) in [7, 11) is 0. The molecule has 1 aromatic rings. The Kier molecular flexibility index (Phi) is 5.92. The van der Waals surface area contributed by atoms with Crippen LogP contribution in [0.25, 0.3) is 0 Å². The Morgan fingerprint density at radius 2 is 2.00 bits per heavy atom. The van der Waals surface area contributed by atoms with E-state index >= 15 is 0 Å². The zero-order valence-corrected chi connectivity index (χ0v) is 13.6. The van der Waals surface area contributed by atoms with Gasteiger partial charge in [0.05, 0.1) is 17.5 Å². The summed E-state index contributed by atoms with van der Waals surface area (Å²) in [4.78, 5) is 12.1. The van der Waals surface area contributed by atoms with E-state index in [4.69, 9.17) is 16.3 Å². The first-order valence-electron chi connectivity index (χ1n) is 7.86.